The van der Waals surface area contributed by atoms with Crippen LogP contribution in [0.1, 0.15) is 26.7 Å². The minimum atomic E-state index is -0.636. The number of hydrogen-bond donors (Lipinski definition) is 0. The first-order chi connectivity index (χ1) is 9.43. The first-order valence-corrected chi connectivity index (χ1v) is 7.10. The third-order valence-corrected chi connectivity index (χ3v) is 3.95. The van der Waals surface area contributed by atoms with Crippen molar-refractivity contribution in [2.75, 3.05) is 11.4 Å². The maximum Gasteiger partial charge on any atom is 0.237 e. The van der Waals surface area contributed by atoms with Crippen LogP contribution in [-0.4, -0.2) is 18.2 Å². The van der Waals surface area contributed by atoms with Crippen LogP contribution in [0.4, 0.5) is 10.1 Å². The van der Waals surface area contributed by atoms with Crippen LogP contribution in [0, 0.1) is 17.7 Å². The Hall–Kier alpha value is -1.42. The lowest BCUT2D eigenvalue weighted by molar-refractivity contribution is -0.135. The van der Waals surface area contributed by atoms with Crippen molar-refractivity contribution in [2.24, 2.45) is 11.8 Å². The quantitative estimate of drug-likeness (QED) is 0.801. The van der Waals surface area contributed by atoms with Gasteiger partial charge in [-0.1, -0.05) is 31.5 Å². The standard InChI is InChI=1S/C15H17ClFNO2/c1-9(2)14(19)10-5-4-8-18(15(10)20)12-7-3-6-11(17)13(12)16/h3,6-7,9-10H,4-5,8H2,1-2H3. The molecule has 1 fully saturated rings. The second-order valence-corrected chi connectivity index (χ2v) is 5.69. The molecule has 1 saturated heterocycles. The Morgan fingerprint density at radius 1 is 1.45 bits per heavy atom. The van der Waals surface area contributed by atoms with Crippen molar-refractivity contribution in [3.05, 3.63) is 29.0 Å². The van der Waals surface area contributed by atoms with Crippen LogP contribution in [-0.2, 0) is 9.59 Å². The maximum atomic E-state index is 13.5. The maximum absolute atomic E-state index is 13.5. The van der Waals surface area contributed by atoms with E-state index in [1.54, 1.807) is 19.9 Å². The molecule has 1 unspecified atom stereocenters. The molecule has 0 radical (unpaired) electrons. The molecule has 1 heterocycles. The molecule has 20 heavy (non-hydrogen) atoms. The summed E-state index contributed by atoms with van der Waals surface area (Å²) >= 11 is 5.93. The number of carbonyl (C=O) groups is 2. The van der Waals surface area contributed by atoms with Crippen molar-refractivity contribution in [1.82, 2.24) is 0 Å². The number of ketones is 1. The minimum Gasteiger partial charge on any atom is -0.310 e. The van der Waals surface area contributed by atoms with E-state index in [1.807, 2.05) is 0 Å². The number of halogens is 2. The molecule has 0 aliphatic carbocycles. The van der Waals surface area contributed by atoms with Gasteiger partial charge in [0.1, 0.15) is 16.6 Å². The van der Waals surface area contributed by atoms with Crippen molar-refractivity contribution < 1.29 is 14.0 Å². The Morgan fingerprint density at radius 3 is 2.80 bits per heavy atom. The van der Waals surface area contributed by atoms with Gasteiger partial charge in [0.25, 0.3) is 0 Å². The number of Topliss-reactive ketones (excluding diaryl/α,β-unsaturated/α-hetero) is 1. The smallest absolute Gasteiger partial charge is 0.237 e. The summed E-state index contributed by atoms with van der Waals surface area (Å²) in [6.45, 7) is 4.03. The van der Waals surface area contributed by atoms with Crippen molar-refractivity contribution in [1.29, 1.82) is 0 Å². The zero-order chi connectivity index (χ0) is 14.9. The molecule has 1 aliphatic rings. The minimum absolute atomic E-state index is 0.0628. The summed E-state index contributed by atoms with van der Waals surface area (Å²) in [5, 5.41) is -0.0708. The third-order valence-electron chi connectivity index (χ3n) is 3.57. The Labute approximate surface area is 122 Å². The van der Waals surface area contributed by atoms with Crippen LogP contribution >= 0.6 is 11.6 Å². The van der Waals surface area contributed by atoms with Gasteiger partial charge in [-0.2, -0.15) is 0 Å². The number of hydrogen-bond acceptors (Lipinski definition) is 2. The van der Waals surface area contributed by atoms with Gasteiger partial charge in [-0.15, -0.1) is 0 Å². The topological polar surface area (TPSA) is 37.4 Å². The number of rotatable bonds is 3. The van der Waals surface area contributed by atoms with E-state index < -0.39 is 11.7 Å². The van der Waals surface area contributed by atoms with Gasteiger partial charge in [0.15, 0.2) is 0 Å². The molecule has 5 heteroatoms. The van der Waals surface area contributed by atoms with Crippen LogP contribution < -0.4 is 4.90 Å². The number of anilines is 1. The zero-order valence-electron chi connectivity index (χ0n) is 11.5. The fourth-order valence-corrected chi connectivity index (χ4v) is 2.71. The molecule has 0 aromatic heterocycles. The summed E-state index contributed by atoms with van der Waals surface area (Å²) < 4.78 is 13.5. The van der Waals surface area contributed by atoms with Crippen LogP contribution in [0.3, 0.4) is 0 Å². The summed E-state index contributed by atoms with van der Waals surface area (Å²) in [7, 11) is 0. The molecule has 1 aromatic carbocycles. The molecular formula is C15H17ClFNO2. The monoisotopic (exact) mass is 297 g/mol. The number of piperidine rings is 1. The van der Waals surface area contributed by atoms with Crippen molar-refractivity contribution in [2.45, 2.75) is 26.7 Å². The van der Waals surface area contributed by atoms with E-state index in [1.165, 1.54) is 17.0 Å². The van der Waals surface area contributed by atoms with E-state index in [-0.39, 0.29) is 22.6 Å². The molecule has 1 amide bonds. The zero-order valence-corrected chi connectivity index (χ0v) is 12.3. The number of benzene rings is 1. The third kappa shape index (κ3) is 2.70. The lowest BCUT2D eigenvalue weighted by Crippen LogP contribution is -2.45. The van der Waals surface area contributed by atoms with Gasteiger partial charge < -0.3 is 4.90 Å². The molecule has 1 aliphatic heterocycles. The number of amides is 1. The fourth-order valence-electron chi connectivity index (χ4n) is 2.48. The second-order valence-electron chi connectivity index (χ2n) is 5.31. The summed E-state index contributed by atoms with van der Waals surface area (Å²) in [5.74, 6) is -1.72. The average molecular weight is 298 g/mol. The molecule has 2 rings (SSSR count). The molecule has 108 valence electrons. The van der Waals surface area contributed by atoms with Crippen LogP contribution in [0.2, 0.25) is 5.02 Å². The normalized spacial score (nSPS) is 19.6. The van der Waals surface area contributed by atoms with E-state index >= 15 is 0 Å². The van der Waals surface area contributed by atoms with E-state index in [9.17, 15) is 14.0 Å². The largest absolute Gasteiger partial charge is 0.310 e. The van der Waals surface area contributed by atoms with Gasteiger partial charge >= 0.3 is 0 Å². The van der Waals surface area contributed by atoms with Crippen molar-refractivity contribution in [3.8, 4) is 0 Å². The first-order valence-electron chi connectivity index (χ1n) is 6.72. The van der Waals surface area contributed by atoms with Gasteiger partial charge in [0.2, 0.25) is 5.91 Å². The Kier molecular flexibility index (Phi) is 4.43. The fraction of sp³-hybridized carbons (Fsp3) is 0.467. The Bertz CT molecular complexity index is 545. The highest BCUT2D eigenvalue weighted by Gasteiger charge is 2.36. The average Bonchev–Trinajstić information content (AvgIpc) is 2.42. The van der Waals surface area contributed by atoms with E-state index in [2.05, 4.69) is 0 Å². The molecule has 0 spiro atoms. The lowest BCUT2D eigenvalue weighted by Gasteiger charge is -2.32. The van der Waals surface area contributed by atoms with Gasteiger partial charge in [0, 0.05) is 12.5 Å². The molecule has 0 bridgehead atoms. The second kappa shape index (κ2) is 5.92. The molecule has 1 aromatic rings. The Balaban J connectivity index is 2.31. The van der Waals surface area contributed by atoms with E-state index in [4.69, 9.17) is 11.6 Å². The SMILES string of the molecule is CC(C)C(=O)C1CCCN(c2cccc(F)c2Cl)C1=O. The van der Waals surface area contributed by atoms with E-state index in [0.717, 1.165) is 0 Å². The highest BCUT2D eigenvalue weighted by atomic mass is 35.5. The molecule has 0 N–H and O–H groups in total. The van der Waals surface area contributed by atoms with E-state index in [0.29, 0.717) is 25.1 Å². The summed E-state index contributed by atoms with van der Waals surface area (Å²) in [6, 6.07) is 4.36. The highest BCUT2D eigenvalue weighted by Crippen LogP contribution is 2.33. The van der Waals surface area contributed by atoms with Gasteiger partial charge in [-0.05, 0) is 25.0 Å². The van der Waals surface area contributed by atoms with Gasteiger partial charge in [-0.25, -0.2) is 4.39 Å². The molecule has 1 atom stereocenters. The lowest BCUT2D eigenvalue weighted by atomic mass is 9.87. The predicted molar refractivity (Wildman–Crippen MR) is 76.3 cm³/mol. The van der Waals surface area contributed by atoms with Crippen molar-refractivity contribution >= 4 is 29.0 Å². The van der Waals surface area contributed by atoms with Gasteiger partial charge in [-0.3, -0.25) is 9.59 Å². The highest BCUT2D eigenvalue weighted by molar-refractivity contribution is 6.34. The first kappa shape index (κ1) is 15.0. The predicted octanol–water partition coefficient (Wildman–Crippen LogP) is 3.45. The molecule has 3 nitrogen and oxygen atoms in total. The van der Waals surface area contributed by atoms with Crippen molar-refractivity contribution in [3.63, 3.8) is 0 Å². The summed E-state index contributed by atoms with van der Waals surface area (Å²) in [5.41, 5.74) is 0.345. The molecular weight excluding hydrogens is 281 g/mol. The Morgan fingerprint density at radius 2 is 2.15 bits per heavy atom. The van der Waals surface area contributed by atoms with Gasteiger partial charge in [0.05, 0.1) is 11.6 Å². The molecule has 0 saturated carbocycles. The van der Waals surface area contributed by atoms with Crippen LogP contribution in [0.5, 0.6) is 0 Å². The number of nitrogens with zero attached hydrogens (tertiary/aromatic N) is 1. The number of carbonyl (C=O) groups excluding carboxylic acids is 2. The van der Waals surface area contributed by atoms with Crippen LogP contribution in [0.15, 0.2) is 18.2 Å². The van der Waals surface area contributed by atoms with Crippen LogP contribution in [0.25, 0.3) is 0 Å². The summed E-state index contributed by atoms with van der Waals surface area (Å²) in [4.78, 5) is 26.0. The summed E-state index contributed by atoms with van der Waals surface area (Å²) in [6.07, 6.45) is 1.26.